The van der Waals surface area contributed by atoms with E-state index in [1.807, 2.05) is 0 Å². The molecule has 0 amide bonds. The third kappa shape index (κ3) is 4.24. The van der Waals surface area contributed by atoms with Crippen LogP contribution in [0.3, 0.4) is 0 Å². The molecule has 0 saturated heterocycles. The third-order valence-corrected chi connectivity index (χ3v) is 2.69. The third-order valence-electron chi connectivity index (χ3n) is 2.69. The predicted octanol–water partition coefficient (Wildman–Crippen LogP) is 2.39. The lowest BCUT2D eigenvalue weighted by molar-refractivity contribution is -0.148. The number of hydrogen-bond donors (Lipinski definition) is 1. The minimum absolute atomic E-state index is 0.0506. The fourth-order valence-electron chi connectivity index (χ4n) is 1.76. The molecule has 0 radical (unpaired) electrons. The molecule has 19 heavy (non-hydrogen) atoms. The number of ether oxygens (including phenoxy) is 1. The van der Waals surface area contributed by atoms with Crippen LogP contribution in [0.15, 0.2) is 24.3 Å². The van der Waals surface area contributed by atoms with Gasteiger partial charge in [0.2, 0.25) is 0 Å². The summed E-state index contributed by atoms with van der Waals surface area (Å²) in [5.41, 5.74) is 4.74. The number of rotatable bonds is 5. The van der Waals surface area contributed by atoms with Gasteiger partial charge in [0.1, 0.15) is 0 Å². The van der Waals surface area contributed by atoms with Crippen molar-refractivity contribution in [3.8, 4) is 0 Å². The van der Waals surface area contributed by atoms with E-state index in [0.717, 1.165) is 6.07 Å². The highest BCUT2D eigenvalue weighted by atomic mass is 19.4. The fraction of sp³-hybridized carbons (Fsp3) is 0.462. The van der Waals surface area contributed by atoms with Crippen LogP contribution in [0.25, 0.3) is 0 Å². The molecule has 0 fully saturated rings. The van der Waals surface area contributed by atoms with E-state index in [4.69, 9.17) is 10.5 Å². The largest absolute Gasteiger partial charge is 0.466 e. The van der Waals surface area contributed by atoms with Crippen molar-refractivity contribution in [2.45, 2.75) is 19.5 Å². The van der Waals surface area contributed by atoms with Gasteiger partial charge < -0.3 is 10.5 Å². The van der Waals surface area contributed by atoms with Gasteiger partial charge in [-0.1, -0.05) is 18.2 Å². The highest BCUT2D eigenvalue weighted by Crippen LogP contribution is 2.32. The molecule has 6 heteroatoms. The van der Waals surface area contributed by atoms with Crippen LogP contribution in [-0.4, -0.2) is 19.1 Å². The maximum atomic E-state index is 12.8. The lowest BCUT2D eigenvalue weighted by Gasteiger charge is -2.17. The van der Waals surface area contributed by atoms with Gasteiger partial charge >= 0.3 is 12.1 Å². The summed E-state index contributed by atoms with van der Waals surface area (Å²) in [6.45, 7) is 1.76. The molecule has 1 unspecified atom stereocenters. The van der Waals surface area contributed by atoms with E-state index in [1.165, 1.54) is 18.2 Å². The molecule has 1 aromatic rings. The fourth-order valence-corrected chi connectivity index (χ4v) is 1.76. The molecular formula is C13H16F3NO2. The van der Waals surface area contributed by atoms with Gasteiger partial charge in [0.05, 0.1) is 18.1 Å². The molecular weight excluding hydrogens is 259 g/mol. The Morgan fingerprint density at radius 1 is 1.37 bits per heavy atom. The number of nitrogens with two attached hydrogens (primary N) is 1. The van der Waals surface area contributed by atoms with E-state index in [9.17, 15) is 18.0 Å². The minimum atomic E-state index is -4.44. The summed E-state index contributed by atoms with van der Waals surface area (Å²) < 4.78 is 43.2. The number of carbonyl (C=O) groups is 1. The van der Waals surface area contributed by atoms with E-state index < -0.39 is 23.6 Å². The predicted molar refractivity (Wildman–Crippen MR) is 64.3 cm³/mol. The summed E-state index contributed by atoms with van der Waals surface area (Å²) in [6, 6.07) is 5.16. The molecule has 0 aliphatic heterocycles. The number of alkyl halides is 3. The quantitative estimate of drug-likeness (QED) is 0.839. The molecule has 0 spiro atoms. The molecule has 1 aromatic carbocycles. The minimum Gasteiger partial charge on any atom is -0.466 e. The van der Waals surface area contributed by atoms with Crippen molar-refractivity contribution in [2.75, 3.05) is 13.2 Å². The van der Waals surface area contributed by atoms with Crippen molar-refractivity contribution in [1.29, 1.82) is 0 Å². The van der Waals surface area contributed by atoms with Crippen LogP contribution in [0.4, 0.5) is 13.2 Å². The Bertz CT molecular complexity index is 432. The molecule has 3 nitrogen and oxygen atoms in total. The van der Waals surface area contributed by atoms with E-state index >= 15 is 0 Å². The van der Waals surface area contributed by atoms with E-state index in [1.54, 1.807) is 6.92 Å². The smallest absolute Gasteiger partial charge is 0.416 e. The first-order valence-electron chi connectivity index (χ1n) is 5.92. The second-order valence-electron chi connectivity index (χ2n) is 4.04. The first-order valence-corrected chi connectivity index (χ1v) is 5.92. The highest BCUT2D eigenvalue weighted by Gasteiger charge is 2.34. The lowest BCUT2D eigenvalue weighted by atomic mass is 9.95. The maximum absolute atomic E-state index is 12.8. The Labute approximate surface area is 109 Å². The van der Waals surface area contributed by atoms with Crippen LogP contribution in [0.2, 0.25) is 0 Å². The topological polar surface area (TPSA) is 52.3 Å². The van der Waals surface area contributed by atoms with E-state index in [2.05, 4.69) is 0 Å². The number of carbonyl (C=O) groups excluding carboxylic acids is 1. The molecule has 0 aliphatic carbocycles. The van der Waals surface area contributed by atoms with Gasteiger partial charge in [-0.15, -0.1) is 0 Å². The van der Waals surface area contributed by atoms with Crippen LogP contribution in [0.1, 0.15) is 18.1 Å². The molecule has 0 saturated carbocycles. The Kier molecular flexibility index (Phi) is 5.35. The molecule has 0 heterocycles. The number of benzene rings is 1. The van der Waals surface area contributed by atoms with Crippen molar-refractivity contribution >= 4 is 5.97 Å². The zero-order valence-electron chi connectivity index (χ0n) is 10.5. The number of esters is 1. The van der Waals surface area contributed by atoms with Gasteiger partial charge in [-0.3, -0.25) is 4.79 Å². The monoisotopic (exact) mass is 275 g/mol. The van der Waals surface area contributed by atoms with Crippen LogP contribution in [0.5, 0.6) is 0 Å². The molecule has 0 aromatic heterocycles. The van der Waals surface area contributed by atoms with Gasteiger partial charge in [0, 0.05) is 6.54 Å². The van der Waals surface area contributed by atoms with Gasteiger partial charge in [0.25, 0.3) is 0 Å². The first kappa shape index (κ1) is 15.5. The van der Waals surface area contributed by atoms with E-state index in [0.29, 0.717) is 0 Å². The van der Waals surface area contributed by atoms with Crippen molar-refractivity contribution in [1.82, 2.24) is 0 Å². The Balaban J connectivity index is 2.95. The highest BCUT2D eigenvalue weighted by molar-refractivity contribution is 5.73. The SMILES string of the molecule is CCOC(=O)C(CN)Cc1ccccc1C(F)(F)F. The van der Waals surface area contributed by atoms with Crippen molar-refractivity contribution in [3.05, 3.63) is 35.4 Å². The summed E-state index contributed by atoms with van der Waals surface area (Å²) in [5.74, 6) is -1.33. The maximum Gasteiger partial charge on any atom is 0.416 e. The number of hydrogen-bond acceptors (Lipinski definition) is 3. The van der Waals surface area contributed by atoms with Gasteiger partial charge in [-0.25, -0.2) is 0 Å². The zero-order valence-corrected chi connectivity index (χ0v) is 10.5. The summed E-state index contributed by atoms with van der Waals surface area (Å²) in [4.78, 5) is 11.6. The second-order valence-corrected chi connectivity index (χ2v) is 4.04. The normalized spacial score (nSPS) is 13.1. The molecule has 2 N–H and O–H groups in total. The summed E-state index contributed by atoms with van der Waals surface area (Å²) in [6.07, 6.45) is -4.52. The summed E-state index contributed by atoms with van der Waals surface area (Å²) >= 11 is 0. The molecule has 106 valence electrons. The van der Waals surface area contributed by atoms with Gasteiger partial charge in [0.15, 0.2) is 0 Å². The van der Waals surface area contributed by atoms with Crippen LogP contribution in [-0.2, 0) is 22.1 Å². The van der Waals surface area contributed by atoms with Crippen LogP contribution >= 0.6 is 0 Å². The molecule has 0 aliphatic rings. The van der Waals surface area contributed by atoms with Crippen LogP contribution < -0.4 is 5.73 Å². The van der Waals surface area contributed by atoms with Crippen molar-refractivity contribution < 1.29 is 22.7 Å². The van der Waals surface area contributed by atoms with Crippen molar-refractivity contribution in [3.63, 3.8) is 0 Å². The van der Waals surface area contributed by atoms with Gasteiger partial charge in [-0.05, 0) is 25.0 Å². The zero-order chi connectivity index (χ0) is 14.5. The number of halogens is 3. The Morgan fingerprint density at radius 3 is 2.53 bits per heavy atom. The summed E-state index contributed by atoms with van der Waals surface area (Å²) in [5, 5.41) is 0. The first-order chi connectivity index (χ1) is 8.90. The average molecular weight is 275 g/mol. The van der Waals surface area contributed by atoms with Crippen molar-refractivity contribution in [2.24, 2.45) is 11.7 Å². The van der Waals surface area contributed by atoms with Crippen LogP contribution in [0, 0.1) is 5.92 Å². The molecule has 0 bridgehead atoms. The lowest BCUT2D eigenvalue weighted by Crippen LogP contribution is -2.28. The standard InChI is InChI=1S/C13H16F3NO2/c1-2-19-12(18)10(8-17)7-9-5-3-4-6-11(9)13(14,15)16/h3-6,10H,2,7-8,17H2,1H3. The molecule has 1 atom stereocenters. The average Bonchev–Trinajstić information content (AvgIpc) is 2.35. The summed E-state index contributed by atoms with van der Waals surface area (Å²) in [7, 11) is 0. The Morgan fingerprint density at radius 2 is 2.00 bits per heavy atom. The Hall–Kier alpha value is -1.56. The molecule has 1 rings (SSSR count). The second kappa shape index (κ2) is 6.56. The van der Waals surface area contributed by atoms with E-state index in [-0.39, 0.29) is 25.1 Å². The van der Waals surface area contributed by atoms with Gasteiger partial charge in [-0.2, -0.15) is 13.2 Å².